The zero-order valence-electron chi connectivity index (χ0n) is 12.6. The summed E-state index contributed by atoms with van der Waals surface area (Å²) < 4.78 is 0. The van der Waals surface area contributed by atoms with Crippen molar-refractivity contribution < 1.29 is 14.7 Å². The molecule has 1 amide bonds. The molecule has 0 bridgehead atoms. The highest BCUT2D eigenvalue weighted by molar-refractivity contribution is 5.91. The minimum absolute atomic E-state index is 0.0571. The van der Waals surface area contributed by atoms with Crippen LogP contribution in [0.25, 0.3) is 11.0 Å². The molecule has 1 aliphatic heterocycles. The van der Waals surface area contributed by atoms with Gasteiger partial charge < -0.3 is 19.9 Å². The third kappa shape index (κ3) is 2.75. The molecule has 1 fully saturated rings. The molecule has 0 aromatic carbocycles. The molecule has 3 heterocycles. The fraction of sp³-hybridized carbons (Fsp3) is 0.333. The van der Waals surface area contributed by atoms with Crippen LogP contribution < -0.4 is 10.3 Å². The summed E-state index contributed by atoms with van der Waals surface area (Å²) in [5.41, 5.74) is -0.500. The van der Waals surface area contributed by atoms with Crippen molar-refractivity contribution >= 4 is 28.7 Å². The molecule has 2 aromatic heterocycles. The van der Waals surface area contributed by atoms with E-state index in [1.807, 2.05) is 4.90 Å². The van der Waals surface area contributed by atoms with Gasteiger partial charge in [0.15, 0.2) is 0 Å². The zero-order chi connectivity index (χ0) is 16.6. The summed E-state index contributed by atoms with van der Waals surface area (Å²) in [7, 11) is 0. The van der Waals surface area contributed by atoms with E-state index in [4.69, 9.17) is 5.11 Å². The number of carbonyl (C=O) groups excluding carboxylic acids is 1. The lowest BCUT2D eigenvalue weighted by Crippen LogP contribution is -2.48. The first-order chi connectivity index (χ1) is 11.0. The van der Waals surface area contributed by atoms with Crippen molar-refractivity contribution in [3.05, 3.63) is 34.1 Å². The number of aromatic nitrogens is 2. The number of piperazine rings is 1. The monoisotopic (exact) mass is 316 g/mol. The fourth-order valence-corrected chi connectivity index (χ4v) is 2.68. The van der Waals surface area contributed by atoms with Crippen molar-refractivity contribution in [3.63, 3.8) is 0 Å². The van der Waals surface area contributed by atoms with Gasteiger partial charge in [0.25, 0.3) is 0 Å². The van der Waals surface area contributed by atoms with Gasteiger partial charge in [-0.3, -0.25) is 9.59 Å². The van der Waals surface area contributed by atoms with Crippen LogP contribution in [0, 0.1) is 0 Å². The van der Waals surface area contributed by atoms with Gasteiger partial charge in [-0.05, 0) is 12.1 Å². The highest BCUT2D eigenvalue weighted by Gasteiger charge is 2.20. The zero-order valence-corrected chi connectivity index (χ0v) is 12.6. The lowest BCUT2D eigenvalue weighted by molar-refractivity contribution is -0.129. The van der Waals surface area contributed by atoms with Crippen LogP contribution in [0.2, 0.25) is 0 Å². The first-order valence-electron chi connectivity index (χ1n) is 7.23. The second-order valence-electron chi connectivity index (χ2n) is 5.40. The molecule has 0 spiro atoms. The first-order valence-corrected chi connectivity index (χ1v) is 7.23. The molecular formula is C15H16N4O4. The number of nitrogens with zero attached hydrogens (tertiary/aromatic N) is 3. The van der Waals surface area contributed by atoms with Gasteiger partial charge in [-0.2, -0.15) is 0 Å². The Balaban J connectivity index is 1.90. The Hall–Kier alpha value is -2.90. The van der Waals surface area contributed by atoms with Crippen LogP contribution in [0.1, 0.15) is 17.3 Å². The van der Waals surface area contributed by atoms with E-state index in [9.17, 15) is 14.4 Å². The number of amides is 1. The maximum absolute atomic E-state index is 12.1. The van der Waals surface area contributed by atoms with Gasteiger partial charge in [0, 0.05) is 39.3 Å². The molecule has 8 nitrogen and oxygen atoms in total. The van der Waals surface area contributed by atoms with E-state index >= 15 is 0 Å². The normalized spacial score (nSPS) is 15.0. The number of hydrogen-bond donors (Lipinski definition) is 2. The Labute approximate surface area is 131 Å². The van der Waals surface area contributed by atoms with Crippen molar-refractivity contribution in [2.45, 2.75) is 6.92 Å². The Morgan fingerprint density at radius 3 is 2.52 bits per heavy atom. The number of carbonyl (C=O) groups is 2. The summed E-state index contributed by atoms with van der Waals surface area (Å²) in [5.74, 6) is -0.515. The molecule has 2 N–H and O–H groups in total. The standard InChI is InChI=1S/C15H16N4O4/c1-9(20)18-4-6-19(7-5-18)12-3-2-10-13(21)11(15(22)23)8-16-14(10)17-12/h2-3,8H,4-7H2,1H3,(H,22,23)(H,16,17,21). The average molecular weight is 316 g/mol. The number of aromatic amines is 1. The molecule has 8 heteroatoms. The number of carboxylic acids is 1. The minimum atomic E-state index is -1.27. The summed E-state index contributed by atoms with van der Waals surface area (Å²) >= 11 is 0. The molecule has 23 heavy (non-hydrogen) atoms. The Kier molecular flexibility index (Phi) is 3.73. The number of pyridine rings is 2. The van der Waals surface area contributed by atoms with Crippen molar-refractivity contribution in [3.8, 4) is 0 Å². The van der Waals surface area contributed by atoms with Crippen LogP contribution in [-0.2, 0) is 4.79 Å². The topological polar surface area (TPSA) is 107 Å². The van der Waals surface area contributed by atoms with Gasteiger partial charge in [-0.1, -0.05) is 0 Å². The first kappa shape index (κ1) is 15.0. The maximum Gasteiger partial charge on any atom is 0.341 e. The molecule has 0 unspecified atom stereocenters. The number of rotatable bonds is 2. The lowest BCUT2D eigenvalue weighted by Gasteiger charge is -2.34. The van der Waals surface area contributed by atoms with E-state index in [-0.39, 0.29) is 16.9 Å². The fourth-order valence-electron chi connectivity index (χ4n) is 2.68. The SMILES string of the molecule is CC(=O)N1CCN(c2ccc3c(=O)c(C(=O)O)c[nH]c3n2)CC1. The summed E-state index contributed by atoms with van der Waals surface area (Å²) in [6, 6.07) is 3.28. The molecule has 1 saturated heterocycles. The van der Waals surface area contributed by atoms with Gasteiger partial charge in [-0.25, -0.2) is 9.78 Å². The molecule has 0 aliphatic carbocycles. The van der Waals surface area contributed by atoms with E-state index in [2.05, 4.69) is 9.97 Å². The van der Waals surface area contributed by atoms with Crippen molar-refractivity contribution in [1.29, 1.82) is 0 Å². The van der Waals surface area contributed by atoms with E-state index in [0.29, 0.717) is 37.6 Å². The second-order valence-corrected chi connectivity index (χ2v) is 5.40. The predicted octanol–water partition coefficient (Wildman–Crippen LogP) is 0.290. The van der Waals surface area contributed by atoms with Crippen LogP contribution in [0.5, 0.6) is 0 Å². The third-order valence-corrected chi connectivity index (χ3v) is 4.00. The molecule has 120 valence electrons. The molecule has 3 rings (SSSR count). The molecule has 1 aliphatic rings. The number of nitrogens with one attached hydrogen (secondary N) is 1. The molecule has 0 atom stereocenters. The summed E-state index contributed by atoms with van der Waals surface area (Å²) in [4.78, 5) is 45.4. The molecule has 2 aromatic rings. The summed E-state index contributed by atoms with van der Waals surface area (Å²) in [6.45, 7) is 4.13. The van der Waals surface area contributed by atoms with E-state index in [1.54, 1.807) is 24.0 Å². The molecule has 0 saturated carbocycles. The van der Waals surface area contributed by atoms with Crippen LogP contribution in [0.15, 0.2) is 23.1 Å². The highest BCUT2D eigenvalue weighted by Crippen LogP contribution is 2.17. The maximum atomic E-state index is 12.1. The largest absolute Gasteiger partial charge is 0.477 e. The van der Waals surface area contributed by atoms with Gasteiger partial charge in [0.2, 0.25) is 11.3 Å². The van der Waals surface area contributed by atoms with Crippen LogP contribution in [0.4, 0.5) is 5.82 Å². The number of anilines is 1. The smallest absolute Gasteiger partial charge is 0.341 e. The Bertz CT molecular complexity index is 837. The van der Waals surface area contributed by atoms with Gasteiger partial charge >= 0.3 is 5.97 Å². The van der Waals surface area contributed by atoms with E-state index < -0.39 is 11.4 Å². The number of aromatic carboxylic acids is 1. The van der Waals surface area contributed by atoms with Gasteiger partial charge in [0.1, 0.15) is 17.0 Å². The van der Waals surface area contributed by atoms with Crippen molar-refractivity contribution in [2.24, 2.45) is 0 Å². The number of hydrogen-bond acceptors (Lipinski definition) is 5. The number of carboxylic acid groups (broad SMARTS) is 1. The minimum Gasteiger partial charge on any atom is -0.477 e. The Morgan fingerprint density at radius 2 is 1.91 bits per heavy atom. The summed E-state index contributed by atoms with van der Waals surface area (Å²) in [6.07, 6.45) is 1.16. The Morgan fingerprint density at radius 1 is 1.22 bits per heavy atom. The number of H-pyrrole nitrogens is 1. The van der Waals surface area contributed by atoms with Crippen LogP contribution >= 0.6 is 0 Å². The third-order valence-electron chi connectivity index (χ3n) is 4.00. The van der Waals surface area contributed by atoms with E-state index in [0.717, 1.165) is 6.20 Å². The van der Waals surface area contributed by atoms with Crippen LogP contribution in [-0.4, -0.2) is 58.0 Å². The molecule has 0 radical (unpaired) electrons. The number of fused-ring (bicyclic) bond motifs is 1. The average Bonchev–Trinajstić information content (AvgIpc) is 2.54. The van der Waals surface area contributed by atoms with Crippen molar-refractivity contribution in [1.82, 2.24) is 14.9 Å². The predicted molar refractivity (Wildman–Crippen MR) is 83.8 cm³/mol. The second kappa shape index (κ2) is 5.71. The summed E-state index contributed by atoms with van der Waals surface area (Å²) in [5, 5.41) is 9.22. The quantitative estimate of drug-likeness (QED) is 0.825. The van der Waals surface area contributed by atoms with Crippen molar-refractivity contribution in [2.75, 3.05) is 31.1 Å². The van der Waals surface area contributed by atoms with Gasteiger partial charge in [-0.15, -0.1) is 0 Å². The highest BCUT2D eigenvalue weighted by atomic mass is 16.4. The van der Waals surface area contributed by atoms with Gasteiger partial charge in [0.05, 0.1) is 5.39 Å². The van der Waals surface area contributed by atoms with Crippen LogP contribution in [0.3, 0.4) is 0 Å². The lowest BCUT2D eigenvalue weighted by atomic mass is 10.2. The van der Waals surface area contributed by atoms with E-state index in [1.165, 1.54) is 0 Å². The molecular weight excluding hydrogens is 300 g/mol.